The fourth-order valence-electron chi connectivity index (χ4n) is 2.49. The molecule has 0 radical (unpaired) electrons. The number of carbonyl (C=O) groups excluding carboxylic acids is 1. The SMILES string of the molecule is C[C@H](NC(=O)c1cc(S(=O)(=O)N2CCCCC2)cn1C)C(=O)O. The molecule has 0 aromatic carbocycles. The van der Waals surface area contributed by atoms with Gasteiger partial charge in [-0.1, -0.05) is 6.42 Å². The van der Waals surface area contributed by atoms with Crippen molar-refractivity contribution in [3.8, 4) is 0 Å². The van der Waals surface area contributed by atoms with Crippen molar-refractivity contribution in [3.63, 3.8) is 0 Å². The van der Waals surface area contributed by atoms with E-state index >= 15 is 0 Å². The average molecular weight is 343 g/mol. The van der Waals surface area contributed by atoms with Gasteiger partial charge >= 0.3 is 5.97 Å². The summed E-state index contributed by atoms with van der Waals surface area (Å²) in [5.74, 6) is -1.78. The second-order valence-electron chi connectivity index (χ2n) is 5.67. The van der Waals surface area contributed by atoms with Crippen molar-refractivity contribution in [2.24, 2.45) is 7.05 Å². The minimum Gasteiger partial charge on any atom is -0.480 e. The van der Waals surface area contributed by atoms with Crippen LogP contribution >= 0.6 is 0 Å². The number of carboxylic acid groups (broad SMARTS) is 1. The average Bonchev–Trinajstić information content (AvgIpc) is 2.90. The zero-order valence-corrected chi connectivity index (χ0v) is 14.0. The summed E-state index contributed by atoms with van der Waals surface area (Å²) < 4.78 is 28.0. The quantitative estimate of drug-likeness (QED) is 0.804. The van der Waals surface area contributed by atoms with Gasteiger partial charge in [0, 0.05) is 26.3 Å². The molecule has 1 aromatic rings. The maximum absolute atomic E-state index is 12.6. The predicted octanol–water partition coefficient (Wildman–Crippen LogP) is 0.403. The summed E-state index contributed by atoms with van der Waals surface area (Å²) in [6.45, 7) is 2.30. The van der Waals surface area contributed by atoms with Crippen LogP contribution < -0.4 is 5.32 Å². The second-order valence-corrected chi connectivity index (χ2v) is 7.61. The van der Waals surface area contributed by atoms with E-state index in [1.807, 2.05) is 0 Å². The molecule has 8 nitrogen and oxygen atoms in total. The number of nitrogens with one attached hydrogen (secondary N) is 1. The number of rotatable bonds is 5. The van der Waals surface area contributed by atoms with Gasteiger partial charge in [0.1, 0.15) is 16.6 Å². The molecule has 2 heterocycles. The van der Waals surface area contributed by atoms with Gasteiger partial charge in [-0.05, 0) is 25.8 Å². The van der Waals surface area contributed by atoms with Crippen LogP contribution in [0.5, 0.6) is 0 Å². The lowest BCUT2D eigenvalue weighted by Gasteiger charge is -2.25. The molecule has 1 atom stereocenters. The van der Waals surface area contributed by atoms with Crippen LogP contribution in [0.3, 0.4) is 0 Å². The molecule has 1 saturated heterocycles. The summed E-state index contributed by atoms with van der Waals surface area (Å²) in [6.07, 6.45) is 4.05. The molecular formula is C14H21N3O5S. The fraction of sp³-hybridized carbons (Fsp3) is 0.571. The standard InChI is InChI=1S/C14H21N3O5S/c1-10(14(19)20)15-13(18)12-8-11(9-16(12)2)23(21,22)17-6-4-3-5-7-17/h8-10H,3-7H2,1-2H3,(H,15,18)(H,19,20)/t10-/m0/s1. The largest absolute Gasteiger partial charge is 0.480 e. The van der Waals surface area contributed by atoms with Crippen LogP contribution in [-0.4, -0.2) is 53.4 Å². The summed E-state index contributed by atoms with van der Waals surface area (Å²) in [6, 6.07) is 0.230. The maximum Gasteiger partial charge on any atom is 0.325 e. The molecule has 1 aliphatic rings. The monoisotopic (exact) mass is 343 g/mol. The first-order valence-corrected chi connectivity index (χ1v) is 8.87. The van der Waals surface area contributed by atoms with E-state index in [-0.39, 0.29) is 10.6 Å². The van der Waals surface area contributed by atoms with Crippen molar-refractivity contribution in [2.45, 2.75) is 37.1 Å². The number of hydrogen-bond acceptors (Lipinski definition) is 4. The Morgan fingerprint density at radius 2 is 1.87 bits per heavy atom. The molecule has 23 heavy (non-hydrogen) atoms. The topological polar surface area (TPSA) is 109 Å². The summed E-state index contributed by atoms with van der Waals surface area (Å²) in [7, 11) is -2.07. The molecule has 2 N–H and O–H groups in total. The van der Waals surface area contributed by atoms with Gasteiger partial charge in [-0.2, -0.15) is 4.31 Å². The number of piperidine rings is 1. The van der Waals surface area contributed by atoms with Crippen LogP contribution in [0, 0.1) is 0 Å². The number of aliphatic carboxylic acids is 1. The third-order valence-electron chi connectivity index (χ3n) is 3.88. The smallest absolute Gasteiger partial charge is 0.325 e. The highest BCUT2D eigenvalue weighted by Crippen LogP contribution is 2.22. The molecule has 0 bridgehead atoms. The summed E-state index contributed by atoms with van der Waals surface area (Å²) in [4.78, 5) is 22.9. The number of carboxylic acids is 1. The van der Waals surface area contributed by atoms with Crippen molar-refractivity contribution >= 4 is 21.9 Å². The first-order chi connectivity index (χ1) is 10.7. The molecule has 9 heteroatoms. The number of hydrogen-bond donors (Lipinski definition) is 2. The van der Waals surface area contributed by atoms with E-state index in [0.717, 1.165) is 19.3 Å². The van der Waals surface area contributed by atoms with Crippen LogP contribution in [0.2, 0.25) is 0 Å². The molecule has 1 amide bonds. The van der Waals surface area contributed by atoms with Gasteiger partial charge in [-0.3, -0.25) is 9.59 Å². The zero-order chi connectivity index (χ0) is 17.2. The fourth-order valence-corrected chi connectivity index (χ4v) is 4.08. The Kier molecular flexibility index (Phi) is 5.10. The summed E-state index contributed by atoms with van der Waals surface area (Å²) in [5.41, 5.74) is 0.105. The Bertz CT molecular complexity index is 704. The Balaban J connectivity index is 2.23. The molecule has 2 rings (SSSR count). The lowest BCUT2D eigenvalue weighted by molar-refractivity contribution is -0.138. The van der Waals surface area contributed by atoms with E-state index < -0.39 is 27.9 Å². The van der Waals surface area contributed by atoms with Crippen molar-refractivity contribution in [2.75, 3.05) is 13.1 Å². The predicted molar refractivity (Wildman–Crippen MR) is 82.6 cm³/mol. The van der Waals surface area contributed by atoms with Crippen LogP contribution in [0.15, 0.2) is 17.2 Å². The highest BCUT2D eigenvalue weighted by molar-refractivity contribution is 7.89. The molecule has 1 fully saturated rings. The number of carbonyl (C=O) groups is 2. The van der Waals surface area contributed by atoms with E-state index in [1.165, 1.54) is 28.1 Å². The van der Waals surface area contributed by atoms with Crippen LogP contribution in [0.1, 0.15) is 36.7 Å². The van der Waals surface area contributed by atoms with E-state index in [9.17, 15) is 18.0 Å². The third kappa shape index (κ3) is 3.73. The highest BCUT2D eigenvalue weighted by atomic mass is 32.2. The van der Waals surface area contributed by atoms with Gasteiger partial charge in [0.15, 0.2) is 0 Å². The number of sulfonamides is 1. The van der Waals surface area contributed by atoms with Crippen molar-refractivity contribution in [1.82, 2.24) is 14.2 Å². The van der Waals surface area contributed by atoms with Crippen molar-refractivity contribution in [1.29, 1.82) is 0 Å². The Morgan fingerprint density at radius 1 is 1.26 bits per heavy atom. The minimum absolute atomic E-state index is 0.0510. The molecule has 0 aliphatic carbocycles. The van der Waals surface area contributed by atoms with E-state index in [1.54, 1.807) is 7.05 Å². The van der Waals surface area contributed by atoms with Crippen LogP contribution in [0.4, 0.5) is 0 Å². The van der Waals surface area contributed by atoms with Gasteiger partial charge in [0.2, 0.25) is 10.0 Å². The third-order valence-corrected chi connectivity index (χ3v) is 5.75. The van der Waals surface area contributed by atoms with Gasteiger partial charge < -0.3 is 15.0 Å². The van der Waals surface area contributed by atoms with E-state index in [2.05, 4.69) is 5.32 Å². The van der Waals surface area contributed by atoms with Crippen molar-refractivity contribution < 1.29 is 23.1 Å². The molecule has 0 saturated carbocycles. The van der Waals surface area contributed by atoms with Gasteiger partial charge in [-0.15, -0.1) is 0 Å². The first kappa shape index (κ1) is 17.5. The number of aryl methyl sites for hydroxylation is 1. The summed E-state index contributed by atoms with van der Waals surface area (Å²) >= 11 is 0. The number of amides is 1. The Hall–Kier alpha value is -1.87. The van der Waals surface area contributed by atoms with Gasteiger partial charge in [0.25, 0.3) is 5.91 Å². The summed E-state index contributed by atoms with van der Waals surface area (Å²) in [5, 5.41) is 11.1. The molecule has 128 valence electrons. The molecular weight excluding hydrogens is 322 g/mol. The second kappa shape index (κ2) is 6.71. The Morgan fingerprint density at radius 3 is 2.43 bits per heavy atom. The molecule has 1 aliphatic heterocycles. The van der Waals surface area contributed by atoms with Gasteiger partial charge in [-0.25, -0.2) is 8.42 Å². The van der Waals surface area contributed by atoms with E-state index in [0.29, 0.717) is 13.1 Å². The highest BCUT2D eigenvalue weighted by Gasteiger charge is 2.28. The van der Waals surface area contributed by atoms with Crippen molar-refractivity contribution in [3.05, 3.63) is 18.0 Å². The van der Waals surface area contributed by atoms with Crippen LogP contribution in [0.25, 0.3) is 0 Å². The minimum atomic E-state index is -3.63. The Labute approximate surface area is 135 Å². The normalized spacial score (nSPS) is 17.7. The maximum atomic E-state index is 12.6. The first-order valence-electron chi connectivity index (χ1n) is 7.43. The van der Waals surface area contributed by atoms with Crippen LogP contribution in [-0.2, 0) is 21.9 Å². The lowest BCUT2D eigenvalue weighted by atomic mass is 10.2. The zero-order valence-electron chi connectivity index (χ0n) is 13.2. The molecule has 1 aromatic heterocycles. The molecule has 0 unspecified atom stereocenters. The number of nitrogens with zero attached hydrogens (tertiary/aromatic N) is 2. The molecule has 0 spiro atoms. The lowest BCUT2D eigenvalue weighted by Crippen LogP contribution is -2.39. The van der Waals surface area contributed by atoms with E-state index in [4.69, 9.17) is 5.11 Å². The number of aromatic nitrogens is 1. The van der Waals surface area contributed by atoms with Gasteiger partial charge in [0.05, 0.1) is 0 Å².